The van der Waals surface area contributed by atoms with Crippen LogP contribution in [0.25, 0.3) is 0 Å². The summed E-state index contributed by atoms with van der Waals surface area (Å²) in [5.74, 6) is -2.15. The van der Waals surface area contributed by atoms with E-state index in [1.807, 2.05) is 30.3 Å². The third kappa shape index (κ3) is 6.39. The molecule has 0 aliphatic heterocycles. The number of aliphatic carboxylic acids is 1. The van der Waals surface area contributed by atoms with Gasteiger partial charge < -0.3 is 15.7 Å². The Balaban J connectivity index is 1.71. The average molecular weight is 360 g/mol. The van der Waals surface area contributed by atoms with Crippen molar-refractivity contribution in [3.05, 3.63) is 58.3 Å². The number of carbonyl (C=O) groups excluding carboxylic acids is 2. The second kappa shape index (κ2) is 9.58. The summed E-state index contributed by atoms with van der Waals surface area (Å²) >= 11 is 1.43. The van der Waals surface area contributed by atoms with Gasteiger partial charge in [0.15, 0.2) is 0 Å². The van der Waals surface area contributed by atoms with Gasteiger partial charge in [-0.25, -0.2) is 0 Å². The molecule has 1 aromatic heterocycles. The standard InChI is InChI=1S/C18H20N2O4S/c21-16(6-8-19-17(22)14-7-9-25-12-14)20-11-15(18(23)24)10-13-4-2-1-3-5-13/h1-5,7,9,12,15H,6,8,10-11H2,(H,19,22)(H,20,21)(H,23,24). The number of carbonyl (C=O) groups is 3. The van der Waals surface area contributed by atoms with E-state index in [1.54, 1.807) is 16.8 Å². The molecule has 1 heterocycles. The summed E-state index contributed by atoms with van der Waals surface area (Å²) in [4.78, 5) is 34.9. The molecule has 0 radical (unpaired) electrons. The highest BCUT2D eigenvalue weighted by atomic mass is 32.1. The van der Waals surface area contributed by atoms with E-state index < -0.39 is 11.9 Å². The van der Waals surface area contributed by atoms with E-state index in [0.29, 0.717) is 12.0 Å². The Hall–Kier alpha value is -2.67. The van der Waals surface area contributed by atoms with Crippen LogP contribution in [0.15, 0.2) is 47.2 Å². The van der Waals surface area contributed by atoms with Gasteiger partial charge in [0.25, 0.3) is 5.91 Å². The first-order chi connectivity index (χ1) is 12.1. The second-order valence-electron chi connectivity index (χ2n) is 5.55. The van der Waals surface area contributed by atoms with Crippen LogP contribution < -0.4 is 10.6 Å². The molecule has 3 N–H and O–H groups in total. The lowest BCUT2D eigenvalue weighted by Crippen LogP contribution is -2.36. The van der Waals surface area contributed by atoms with E-state index in [1.165, 1.54) is 11.3 Å². The zero-order chi connectivity index (χ0) is 18.1. The van der Waals surface area contributed by atoms with E-state index in [-0.39, 0.29) is 31.3 Å². The summed E-state index contributed by atoms with van der Waals surface area (Å²) in [6.45, 7) is 0.262. The molecule has 6 nitrogen and oxygen atoms in total. The summed E-state index contributed by atoms with van der Waals surface area (Å²) in [5, 5.41) is 18.1. The number of hydrogen-bond donors (Lipinski definition) is 3. The normalized spacial score (nSPS) is 11.5. The van der Waals surface area contributed by atoms with Crippen LogP contribution in [0.4, 0.5) is 0 Å². The Kier molecular flexibility index (Phi) is 7.16. The fourth-order valence-electron chi connectivity index (χ4n) is 2.26. The molecule has 0 aliphatic rings. The maximum atomic E-state index is 11.8. The summed E-state index contributed by atoms with van der Waals surface area (Å²) in [5.41, 5.74) is 1.48. The molecule has 1 aromatic carbocycles. The Morgan fingerprint density at radius 1 is 1.08 bits per heavy atom. The van der Waals surface area contributed by atoms with Gasteiger partial charge in [-0.3, -0.25) is 14.4 Å². The zero-order valence-corrected chi connectivity index (χ0v) is 14.4. The molecule has 25 heavy (non-hydrogen) atoms. The van der Waals surface area contributed by atoms with E-state index in [0.717, 1.165) is 5.56 Å². The minimum absolute atomic E-state index is 0.0571. The maximum Gasteiger partial charge on any atom is 0.308 e. The quantitative estimate of drug-likeness (QED) is 0.637. The van der Waals surface area contributed by atoms with Gasteiger partial charge in [-0.15, -0.1) is 0 Å². The zero-order valence-electron chi connectivity index (χ0n) is 13.6. The third-order valence-electron chi connectivity index (χ3n) is 3.64. The van der Waals surface area contributed by atoms with E-state index in [4.69, 9.17) is 0 Å². The van der Waals surface area contributed by atoms with Gasteiger partial charge >= 0.3 is 5.97 Å². The van der Waals surface area contributed by atoms with Crippen LogP contribution in [0.2, 0.25) is 0 Å². The summed E-state index contributed by atoms with van der Waals surface area (Å²) < 4.78 is 0. The second-order valence-corrected chi connectivity index (χ2v) is 6.33. The molecule has 0 bridgehead atoms. The third-order valence-corrected chi connectivity index (χ3v) is 4.32. The molecule has 1 unspecified atom stereocenters. The van der Waals surface area contributed by atoms with Gasteiger partial charge in [-0.1, -0.05) is 30.3 Å². The van der Waals surface area contributed by atoms with Crippen LogP contribution in [0.3, 0.4) is 0 Å². The largest absolute Gasteiger partial charge is 0.481 e. The van der Waals surface area contributed by atoms with Crippen molar-refractivity contribution in [3.63, 3.8) is 0 Å². The molecule has 0 fully saturated rings. The highest BCUT2D eigenvalue weighted by Crippen LogP contribution is 2.08. The lowest BCUT2D eigenvalue weighted by Gasteiger charge is -2.13. The molecule has 1 atom stereocenters. The number of amides is 2. The molecule has 2 amide bonds. The Morgan fingerprint density at radius 3 is 2.48 bits per heavy atom. The van der Waals surface area contributed by atoms with E-state index in [9.17, 15) is 19.5 Å². The Labute approximate surface area is 149 Å². The number of thiophene rings is 1. The number of hydrogen-bond acceptors (Lipinski definition) is 4. The van der Waals surface area contributed by atoms with E-state index in [2.05, 4.69) is 10.6 Å². The monoisotopic (exact) mass is 360 g/mol. The first-order valence-electron chi connectivity index (χ1n) is 7.90. The van der Waals surface area contributed by atoms with Crippen LogP contribution in [-0.4, -0.2) is 36.0 Å². The van der Waals surface area contributed by atoms with Crippen LogP contribution in [0, 0.1) is 5.92 Å². The molecule has 0 spiro atoms. The molecule has 0 aliphatic carbocycles. The number of benzene rings is 1. The van der Waals surface area contributed by atoms with Crippen molar-refractivity contribution in [1.29, 1.82) is 0 Å². The van der Waals surface area contributed by atoms with Crippen LogP contribution in [0.1, 0.15) is 22.3 Å². The first kappa shape index (κ1) is 18.7. The number of carboxylic acid groups (broad SMARTS) is 1. The average Bonchev–Trinajstić information content (AvgIpc) is 3.14. The van der Waals surface area contributed by atoms with Crippen molar-refractivity contribution < 1.29 is 19.5 Å². The minimum Gasteiger partial charge on any atom is -0.481 e. The van der Waals surface area contributed by atoms with Gasteiger partial charge in [0.2, 0.25) is 5.91 Å². The molecular formula is C18H20N2O4S. The van der Waals surface area contributed by atoms with Gasteiger partial charge in [0.1, 0.15) is 0 Å². The molecule has 7 heteroatoms. The molecule has 132 valence electrons. The molecule has 0 saturated carbocycles. The van der Waals surface area contributed by atoms with Crippen molar-refractivity contribution >= 4 is 29.1 Å². The smallest absolute Gasteiger partial charge is 0.308 e. The van der Waals surface area contributed by atoms with Gasteiger partial charge in [0, 0.05) is 30.5 Å². The van der Waals surface area contributed by atoms with Crippen molar-refractivity contribution in [2.24, 2.45) is 5.92 Å². The molecule has 0 saturated heterocycles. The predicted octanol–water partition coefficient (Wildman–Crippen LogP) is 1.93. The molecule has 2 aromatic rings. The van der Waals surface area contributed by atoms with Crippen molar-refractivity contribution in [2.75, 3.05) is 13.1 Å². The Morgan fingerprint density at radius 2 is 1.84 bits per heavy atom. The molecule has 2 rings (SSSR count). The maximum absolute atomic E-state index is 11.8. The fourth-order valence-corrected chi connectivity index (χ4v) is 2.89. The summed E-state index contributed by atoms with van der Waals surface area (Å²) in [6, 6.07) is 11.0. The lowest BCUT2D eigenvalue weighted by molar-refractivity contribution is -0.141. The fraction of sp³-hybridized carbons (Fsp3) is 0.278. The highest BCUT2D eigenvalue weighted by molar-refractivity contribution is 7.08. The summed E-state index contributed by atoms with van der Waals surface area (Å²) in [6.07, 6.45) is 0.457. The summed E-state index contributed by atoms with van der Waals surface area (Å²) in [7, 11) is 0. The van der Waals surface area contributed by atoms with Crippen LogP contribution in [0.5, 0.6) is 0 Å². The highest BCUT2D eigenvalue weighted by Gasteiger charge is 2.19. The van der Waals surface area contributed by atoms with Gasteiger partial charge in [0.05, 0.1) is 5.92 Å². The predicted molar refractivity (Wildman–Crippen MR) is 95.6 cm³/mol. The van der Waals surface area contributed by atoms with Crippen molar-refractivity contribution in [1.82, 2.24) is 10.6 Å². The Bertz CT molecular complexity index is 701. The van der Waals surface area contributed by atoms with Crippen LogP contribution in [-0.2, 0) is 16.0 Å². The number of carboxylic acids is 1. The first-order valence-corrected chi connectivity index (χ1v) is 8.84. The topological polar surface area (TPSA) is 95.5 Å². The number of rotatable bonds is 9. The SMILES string of the molecule is O=C(CCNC(=O)c1ccsc1)NCC(Cc1ccccc1)C(=O)O. The van der Waals surface area contributed by atoms with E-state index >= 15 is 0 Å². The van der Waals surface area contributed by atoms with Crippen molar-refractivity contribution in [2.45, 2.75) is 12.8 Å². The van der Waals surface area contributed by atoms with Gasteiger partial charge in [-0.05, 0) is 23.4 Å². The molecular weight excluding hydrogens is 340 g/mol. The van der Waals surface area contributed by atoms with Gasteiger partial charge in [-0.2, -0.15) is 11.3 Å². The van der Waals surface area contributed by atoms with Crippen LogP contribution >= 0.6 is 11.3 Å². The van der Waals surface area contributed by atoms with Crippen molar-refractivity contribution in [3.8, 4) is 0 Å². The lowest BCUT2D eigenvalue weighted by atomic mass is 9.99. The number of nitrogens with one attached hydrogen (secondary N) is 2. The minimum atomic E-state index is -0.949.